The molecule has 0 radical (unpaired) electrons. The van der Waals surface area contributed by atoms with Crippen molar-refractivity contribution in [3.63, 3.8) is 0 Å². The fourth-order valence-corrected chi connectivity index (χ4v) is 6.08. The highest BCUT2D eigenvalue weighted by atomic mass is 32.2. The minimum atomic E-state index is -1.62. The highest BCUT2D eigenvalue weighted by Crippen LogP contribution is 2.40. The van der Waals surface area contributed by atoms with Crippen LogP contribution in [-0.4, -0.2) is 68.0 Å². The number of ether oxygens (including phenoxy) is 1. The third-order valence-electron chi connectivity index (χ3n) is 6.81. The number of aliphatic hydroxyl groups excluding tert-OH is 1. The summed E-state index contributed by atoms with van der Waals surface area (Å²) in [6.07, 6.45) is -1.03. The molecule has 3 amide bonds. The number of thioether (sulfide) groups is 1. The third kappa shape index (κ3) is 8.10. The minimum absolute atomic E-state index is 0.174. The summed E-state index contributed by atoms with van der Waals surface area (Å²) >= 11 is 1.46. The van der Waals surface area contributed by atoms with Crippen molar-refractivity contribution in [2.75, 3.05) is 5.88 Å². The zero-order valence-corrected chi connectivity index (χ0v) is 25.6. The van der Waals surface area contributed by atoms with E-state index in [1.165, 1.54) is 23.6 Å². The molecular formula is C31H41N3O6S. The van der Waals surface area contributed by atoms with Crippen molar-refractivity contribution in [3.8, 4) is 5.75 Å². The molecule has 1 aliphatic heterocycles. The number of hydrogen-bond acceptors (Lipinski definition) is 7. The Bertz CT molecular complexity index is 1270. The van der Waals surface area contributed by atoms with Crippen molar-refractivity contribution >= 4 is 35.5 Å². The highest BCUT2D eigenvalue weighted by molar-refractivity contribution is 8.00. The summed E-state index contributed by atoms with van der Waals surface area (Å²) < 4.78 is 4.71. The summed E-state index contributed by atoms with van der Waals surface area (Å²) in [6.45, 7) is 12.5. The van der Waals surface area contributed by atoms with Crippen LogP contribution in [0.25, 0.3) is 0 Å². The topological polar surface area (TPSA) is 125 Å². The van der Waals surface area contributed by atoms with Crippen LogP contribution in [0, 0.1) is 0 Å². The van der Waals surface area contributed by atoms with E-state index in [1.54, 1.807) is 18.2 Å². The van der Waals surface area contributed by atoms with Crippen LogP contribution in [0.4, 0.5) is 0 Å². The molecule has 1 aliphatic rings. The molecule has 1 saturated heterocycles. The van der Waals surface area contributed by atoms with Gasteiger partial charge in [0, 0.05) is 28.3 Å². The van der Waals surface area contributed by atoms with Gasteiger partial charge in [0.25, 0.3) is 11.8 Å². The number of nitrogens with one attached hydrogen (secondary N) is 2. The smallest absolute Gasteiger partial charge is 0.308 e. The average Bonchev–Trinajstić information content (AvgIpc) is 3.21. The molecule has 0 bridgehead atoms. The molecule has 2 aromatic carbocycles. The van der Waals surface area contributed by atoms with Gasteiger partial charge in [0.1, 0.15) is 11.8 Å². The first-order valence-electron chi connectivity index (χ1n) is 13.7. The van der Waals surface area contributed by atoms with E-state index in [9.17, 15) is 24.3 Å². The molecule has 10 heteroatoms. The lowest BCUT2D eigenvalue weighted by atomic mass is 9.96. The summed E-state index contributed by atoms with van der Waals surface area (Å²) in [5, 5.41) is 17.3. The van der Waals surface area contributed by atoms with E-state index in [2.05, 4.69) is 10.6 Å². The van der Waals surface area contributed by atoms with Crippen LogP contribution in [0.1, 0.15) is 70.0 Å². The Morgan fingerprint density at radius 3 is 2.34 bits per heavy atom. The first kappa shape index (κ1) is 32.1. The summed E-state index contributed by atoms with van der Waals surface area (Å²) in [7, 11) is 0. The number of carbonyl (C=O) groups excluding carboxylic acids is 4. The van der Waals surface area contributed by atoms with Crippen LogP contribution in [0.5, 0.6) is 5.75 Å². The molecule has 3 N–H and O–H groups in total. The Labute approximate surface area is 246 Å². The first-order valence-corrected chi connectivity index (χ1v) is 14.7. The lowest BCUT2D eigenvalue weighted by Crippen LogP contribution is -2.60. The van der Waals surface area contributed by atoms with E-state index >= 15 is 0 Å². The molecule has 41 heavy (non-hydrogen) atoms. The number of esters is 1. The van der Waals surface area contributed by atoms with Crippen LogP contribution in [0.15, 0.2) is 48.5 Å². The van der Waals surface area contributed by atoms with Gasteiger partial charge in [0.05, 0.1) is 11.9 Å². The molecular weight excluding hydrogens is 542 g/mol. The standard InChI is InChI=1S/C31H41N3O6S/c1-8-21-22(15-12-16-24(21)40-19(2)35)27(37)32-23(17-20-13-10-9-11-14-20)25(36)29(39)34-18-41-31(6,7)26(34)28(38)33-30(3,4)5/h9-16,23,25-26,36H,8,17-18H2,1-7H3,(H,32,37)(H,33,38)/t23-,25-,26+/m0/s1. The van der Waals surface area contributed by atoms with Crippen molar-refractivity contribution in [1.82, 2.24) is 15.5 Å². The molecule has 3 atom stereocenters. The van der Waals surface area contributed by atoms with E-state index < -0.39 is 46.3 Å². The molecule has 1 heterocycles. The number of aliphatic hydroxyl groups is 1. The highest BCUT2D eigenvalue weighted by Gasteiger charge is 2.50. The number of hydrogen-bond donors (Lipinski definition) is 3. The van der Waals surface area contributed by atoms with Gasteiger partial charge < -0.3 is 25.4 Å². The van der Waals surface area contributed by atoms with E-state index in [0.29, 0.717) is 12.0 Å². The number of rotatable bonds is 9. The van der Waals surface area contributed by atoms with E-state index in [0.717, 1.165) is 5.56 Å². The van der Waals surface area contributed by atoms with Gasteiger partial charge >= 0.3 is 5.97 Å². The zero-order valence-electron chi connectivity index (χ0n) is 24.8. The van der Waals surface area contributed by atoms with Crippen molar-refractivity contribution in [3.05, 3.63) is 65.2 Å². The van der Waals surface area contributed by atoms with Gasteiger partial charge in [-0.3, -0.25) is 19.2 Å². The maximum atomic E-state index is 13.8. The number of benzene rings is 2. The van der Waals surface area contributed by atoms with Gasteiger partial charge in [0.15, 0.2) is 6.10 Å². The molecule has 0 saturated carbocycles. The third-order valence-corrected chi connectivity index (χ3v) is 8.18. The van der Waals surface area contributed by atoms with Crippen molar-refractivity contribution in [2.24, 2.45) is 0 Å². The van der Waals surface area contributed by atoms with Crippen LogP contribution in [-0.2, 0) is 27.2 Å². The van der Waals surface area contributed by atoms with Gasteiger partial charge in [0.2, 0.25) is 5.91 Å². The first-order chi connectivity index (χ1) is 19.1. The maximum absolute atomic E-state index is 13.8. The predicted octanol–water partition coefficient (Wildman–Crippen LogP) is 3.47. The Hall–Kier alpha value is -3.37. The minimum Gasteiger partial charge on any atom is -0.426 e. The second kappa shape index (κ2) is 13.1. The second-order valence-electron chi connectivity index (χ2n) is 11.8. The van der Waals surface area contributed by atoms with Gasteiger partial charge in [-0.05, 0) is 65.2 Å². The van der Waals surface area contributed by atoms with Crippen LogP contribution < -0.4 is 15.4 Å². The van der Waals surface area contributed by atoms with Crippen LogP contribution >= 0.6 is 11.8 Å². The van der Waals surface area contributed by atoms with Gasteiger partial charge in [-0.1, -0.05) is 43.3 Å². The van der Waals surface area contributed by atoms with Gasteiger partial charge in [-0.25, -0.2) is 0 Å². The molecule has 0 aromatic heterocycles. The summed E-state index contributed by atoms with van der Waals surface area (Å²) in [5.74, 6) is -1.44. The van der Waals surface area contributed by atoms with Crippen molar-refractivity contribution in [2.45, 2.75) is 89.8 Å². The largest absolute Gasteiger partial charge is 0.426 e. The molecule has 3 rings (SSSR count). The quantitative estimate of drug-likeness (QED) is 0.305. The Kier molecular flexibility index (Phi) is 10.3. The van der Waals surface area contributed by atoms with Crippen LogP contribution in [0.3, 0.4) is 0 Å². The lowest BCUT2D eigenvalue weighted by Gasteiger charge is -2.35. The molecule has 1 fully saturated rings. The number of carbonyl (C=O) groups is 4. The second-order valence-corrected chi connectivity index (χ2v) is 13.4. The fraction of sp³-hybridized carbons (Fsp3) is 0.484. The van der Waals surface area contributed by atoms with Crippen molar-refractivity contribution < 1.29 is 29.0 Å². The Morgan fingerprint density at radius 1 is 1.10 bits per heavy atom. The SMILES string of the molecule is CCc1c(OC(C)=O)cccc1C(=O)N[C@@H](Cc1ccccc1)[C@H](O)C(=O)N1CSC(C)(C)[C@H]1C(=O)NC(C)(C)C. The lowest BCUT2D eigenvalue weighted by molar-refractivity contribution is -0.147. The molecule has 0 spiro atoms. The molecule has 2 aromatic rings. The summed E-state index contributed by atoms with van der Waals surface area (Å²) in [5.41, 5.74) is 1.13. The van der Waals surface area contributed by atoms with E-state index in [4.69, 9.17) is 4.74 Å². The Morgan fingerprint density at radius 2 is 1.76 bits per heavy atom. The summed E-state index contributed by atoms with van der Waals surface area (Å²) in [6, 6.07) is 12.3. The molecule has 9 nitrogen and oxygen atoms in total. The molecule has 0 aliphatic carbocycles. The normalized spacial score (nSPS) is 17.9. The predicted molar refractivity (Wildman–Crippen MR) is 160 cm³/mol. The van der Waals surface area contributed by atoms with Gasteiger partial charge in [-0.15, -0.1) is 11.8 Å². The number of nitrogens with zero attached hydrogens (tertiary/aromatic N) is 1. The van der Waals surface area contributed by atoms with Gasteiger partial charge in [-0.2, -0.15) is 0 Å². The fourth-order valence-electron chi connectivity index (χ4n) is 4.94. The zero-order chi connectivity index (χ0) is 30.5. The number of amides is 3. The maximum Gasteiger partial charge on any atom is 0.308 e. The van der Waals surface area contributed by atoms with E-state index in [1.807, 2.05) is 71.9 Å². The monoisotopic (exact) mass is 583 g/mol. The van der Waals surface area contributed by atoms with Crippen LogP contribution in [0.2, 0.25) is 0 Å². The van der Waals surface area contributed by atoms with E-state index in [-0.39, 0.29) is 29.5 Å². The molecule has 0 unspecified atom stereocenters. The summed E-state index contributed by atoms with van der Waals surface area (Å²) in [4.78, 5) is 53.7. The Balaban J connectivity index is 1.93. The molecule has 222 valence electrons. The average molecular weight is 584 g/mol. The van der Waals surface area contributed by atoms with Crippen molar-refractivity contribution in [1.29, 1.82) is 0 Å².